The van der Waals surface area contributed by atoms with Gasteiger partial charge in [-0.05, 0) is 62.7 Å². The van der Waals surface area contributed by atoms with Crippen molar-refractivity contribution in [1.82, 2.24) is 15.1 Å². The maximum Gasteiger partial charge on any atom is 0.325 e. The van der Waals surface area contributed by atoms with Gasteiger partial charge in [-0.2, -0.15) is 0 Å². The van der Waals surface area contributed by atoms with Crippen LogP contribution in [0.1, 0.15) is 78.6 Å². The van der Waals surface area contributed by atoms with Crippen molar-refractivity contribution in [3.8, 4) is 0 Å². The van der Waals surface area contributed by atoms with E-state index in [1.165, 1.54) is 0 Å². The molecule has 2 aliphatic carbocycles. The number of halogens is 1. The van der Waals surface area contributed by atoms with Crippen molar-refractivity contribution in [2.75, 3.05) is 13.6 Å². The molecule has 0 aromatic rings. The van der Waals surface area contributed by atoms with Crippen molar-refractivity contribution < 1.29 is 14.4 Å². The second-order valence-corrected chi connectivity index (χ2v) is 10.1. The van der Waals surface area contributed by atoms with E-state index >= 15 is 0 Å². The predicted molar refractivity (Wildman–Crippen MR) is 119 cm³/mol. The van der Waals surface area contributed by atoms with Crippen molar-refractivity contribution in [1.29, 1.82) is 0 Å². The van der Waals surface area contributed by atoms with Gasteiger partial charge in [0.25, 0.3) is 5.91 Å². The van der Waals surface area contributed by atoms with Gasteiger partial charge in [0.05, 0.1) is 0 Å². The minimum absolute atomic E-state index is 0. The Kier molecular flexibility index (Phi) is 7.83. The van der Waals surface area contributed by atoms with E-state index in [1.807, 2.05) is 0 Å². The number of carbonyl (C=O) groups is 3. The number of likely N-dealkylation sites (N-methyl/N-ethyl adjacent to an activating group) is 1. The maximum absolute atomic E-state index is 13.2. The Bertz CT molecular complexity index is 653. The number of hydrogen-bond donors (Lipinski definition) is 2. The average Bonchev–Trinajstić information content (AvgIpc) is 2.92. The first-order chi connectivity index (χ1) is 13.6. The fourth-order valence-corrected chi connectivity index (χ4v) is 5.28. The molecule has 3 aliphatic rings. The van der Waals surface area contributed by atoms with Gasteiger partial charge in [0.2, 0.25) is 5.91 Å². The standard InChI is InChI=1S/C22H38N4O3.ClH/c1-5-21(2,3)15-10-12-22(13-11-15)19(28)26(20(29)24-22)14-18(27)25(4)17-8-6-16(23)7-9-17;/h15-17H,5-14,23H2,1-4H3,(H,24,29);1H. The normalized spacial score (nSPS) is 32.0. The van der Waals surface area contributed by atoms with E-state index in [1.54, 1.807) is 11.9 Å². The minimum atomic E-state index is -0.812. The van der Waals surface area contributed by atoms with Gasteiger partial charge in [0.1, 0.15) is 12.1 Å². The molecule has 172 valence electrons. The van der Waals surface area contributed by atoms with E-state index in [-0.39, 0.29) is 48.3 Å². The monoisotopic (exact) mass is 442 g/mol. The molecule has 1 heterocycles. The molecule has 0 radical (unpaired) electrons. The topological polar surface area (TPSA) is 95.7 Å². The number of carbonyl (C=O) groups excluding carboxylic acids is 3. The second kappa shape index (κ2) is 9.43. The number of amides is 4. The van der Waals surface area contributed by atoms with Crippen LogP contribution in [-0.2, 0) is 9.59 Å². The van der Waals surface area contributed by atoms with Gasteiger partial charge >= 0.3 is 6.03 Å². The molecule has 0 aromatic heterocycles. The molecule has 0 atom stereocenters. The lowest BCUT2D eigenvalue weighted by molar-refractivity contribution is -0.140. The molecule has 7 nitrogen and oxygen atoms in total. The van der Waals surface area contributed by atoms with Crippen molar-refractivity contribution in [2.45, 2.75) is 96.2 Å². The number of nitrogens with one attached hydrogen (secondary N) is 1. The number of imide groups is 1. The first kappa shape index (κ1) is 24.9. The van der Waals surface area contributed by atoms with E-state index in [0.717, 1.165) is 49.8 Å². The van der Waals surface area contributed by atoms with E-state index in [0.29, 0.717) is 18.8 Å². The summed E-state index contributed by atoms with van der Waals surface area (Å²) in [7, 11) is 1.77. The Balaban J connectivity index is 0.00000320. The Morgan fingerprint density at radius 1 is 1.17 bits per heavy atom. The quantitative estimate of drug-likeness (QED) is 0.639. The Morgan fingerprint density at radius 2 is 1.73 bits per heavy atom. The summed E-state index contributed by atoms with van der Waals surface area (Å²) >= 11 is 0. The molecular weight excluding hydrogens is 404 g/mol. The average molecular weight is 443 g/mol. The van der Waals surface area contributed by atoms with E-state index < -0.39 is 11.6 Å². The third-order valence-electron chi connectivity index (χ3n) is 8.08. The number of nitrogens with two attached hydrogens (primary N) is 1. The lowest BCUT2D eigenvalue weighted by Gasteiger charge is -2.42. The second-order valence-electron chi connectivity index (χ2n) is 10.1. The lowest BCUT2D eigenvalue weighted by atomic mass is 9.65. The molecule has 0 aromatic carbocycles. The van der Waals surface area contributed by atoms with Crippen molar-refractivity contribution >= 4 is 30.3 Å². The third kappa shape index (κ3) is 4.77. The van der Waals surface area contributed by atoms with Crippen LogP contribution in [0.5, 0.6) is 0 Å². The van der Waals surface area contributed by atoms with Crippen molar-refractivity contribution in [3.05, 3.63) is 0 Å². The van der Waals surface area contributed by atoms with Gasteiger partial charge in [0.15, 0.2) is 0 Å². The molecule has 1 saturated heterocycles. The Labute approximate surface area is 186 Å². The van der Waals surface area contributed by atoms with Gasteiger partial charge in [-0.3, -0.25) is 14.5 Å². The first-order valence-electron chi connectivity index (χ1n) is 11.2. The highest BCUT2D eigenvalue weighted by atomic mass is 35.5. The largest absolute Gasteiger partial charge is 0.341 e. The fraction of sp³-hybridized carbons (Fsp3) is 0.864. The van der Waals surface area contributed by atoms with Crippen LogP contribution in [0.4, 0.5) is 4.79 Å². The van der Waals surface area contributed by atoms with Crippen LogP contribution in [0, 0.1) is 11.3 Å². The highest BCUT2D eigenvalue weighted by molar-refractivity contribution is 6.09. The zero-order chi connectivity index (χ0) is 21.4. The highest BCUT2D eigenvalue weighted by Crippen LogP contribution is 2.45. The molecule has 0 unspecified atom stereocenters. The summed E-state index contributed by atoms with van der Waals surface area (Å²) in [5.74, 6) is 0.164. The molecule has 8 heteroatoms. The summed E-state index contributed by atoms with van der Waals surface area (Å²) in [5.41, 5.74) is 5.39. The van der Waals surface area contributed by atoms with Gasteiger partial charge in [-0.1, -0.05) is 27.2 Å². The molecule has 4 amide bonds. The Morgan fingerprint density at radius 3 is 2.27 bits per heavy atom. The van der Waals surface area contributed by atoms with Gasteiger partial charge in [-0.15, -0.1) is 12.4 Å². The zero-order valence-electron chi connectivity index (χ0n) is 18.9. The third-order valence-corrected chi connectivity index (χ3v) is 8.08. The molecule has 1 spiro atoms. The van der Waals surface area contributed by atoms with Crippen LogP contribution in [0.25, 0.3) is 0 Å². The van der Waals surface area contributed by atoms with Crippen LogP contribution in [-0.4, -0.2) is 58.9 Å². The number of hydrogen-bond acceptors (Lipinski definition) is 4. The van der Waals surface area contributed by atoms with Crippen LogP contribution >= 0.6 is 12.4 Å². The molecule has 30 heavy (non-hydrogen) atoms. The van der Waals surface area contributed by atoms with E-state index in [9.17, 15) is 14.4 Å². The molecule has 3 rings (SSSR count). The lowest BCUT2D eigenvalue weighted by Crippen LogP contribution is -2.51. The molecule has 3 N–H and O–H groups in total. The summed E-state index contributed by atoms with van der Waals surface area (Å²) in [5, 5.41) is 2.94. The summed E-state index contributed by atoms with van der Waals surface area (Å²) in [6.45, 7) is 6.60. The Hall–Kier alpha value is -1.34. The van der Waals surface area contributed by atoms with Crippen LogP contribution in [0.15, 0.2) is 0 Å². The SMILES string of the molecule is CCC(C)(C)C1CCC2(CC1)NC(=O)N(CC(=O)N(C)C1CCC(N)CC1)C2=O.Cl. The highest BCUT2D eigenvalue weighted by Gasteiger charge is 2.54. The molecule has 2 saturated carbocycles. The molecule has 1 aliphatic heterocycles. The minimum Gasteiger partial charge on any atom is -0.341 e. The van der Waals surface area contributed by atoms with Crippen LogP contribution < -0.4 is 11.1 Å². The predicted octanol–water partition coefficient (Wildman–Crippen LogP) is 3.05. The first-order valence-corrected chi connectivity index (χ1v) is 11.2. The zero-order valence-corrected chi connectivity index (χ0v) is 19.7. The maximum atomic E-state index is 13.2. The van der Waals surface area contributed by atoms with Gasteiger partial charge < -0.3 is 16.0 Å². The van der Waals surface area contributed by atoms with Crippen molar-refractivity contribution in [3.63, 3.8) is 0 Å². The van der Waals surface area contributed by atoms with E-state index in [2.05, 4.69) is 26.1 Å². The van der Waals surface area contributed by atoms with E-state index in [4.69, 9.17) is 5.73 Å². The molecular formula is C22H39ClN4O3. The fourth-order valence-electron chi connectivity index (χ4n) is 5.28. The number of rotatable bonds is 5. The smallest absolute Gasteiger partial charge is 0.325 e. The van der Waals surface area contributed by atoms with Crippen LogP contribution in [0.3, 0.4) is 0 Å². The molecule has 3 fully saturated rings. The van der Waals surface area contributed by atoms with Crippen LogP contribution in [0.2, 0.25) is 0 Å². The number of urea groups is 1. The summed E-state index contributed by atoms with van der Waals surface area (Å²) in [4.78, 5) is 41.4. The molecule has 0 bridgehead atoms. The summed E-state index contributed by atoms with van der Waals surface area (Å²) in [6.07, 6.45) is 7.84. The summed E-state index contributed by atoms with van der Waals surface area (Å²) in [6, 6.07) is -0.0623. The number of nitrogens with zero attached hydrogens (tertiary/aromatic N) is 2. The van der Waals surface area contributed by atoms with Crippen molar-refractivity contribution in [2.24, 2.45) is 17.1 Å². The van der Waals surface area contributed by atoms with Gasteiger partial charge in [0, 0.05) is 19.1 Å². The summed E-state index contributed by atoms with van der Waals surface area (Å²) < 4.78 is 0. The van der Waals surface area contributed by atoms with Gasteiger partial charge in [-0.25, -0.2) is 4.79 Å².